The zero-order valence-corrected chi connectivity index (χ0v) is 14.7. The zero-order valence-electron chi connectivity index (χ0n) is 14.7. The van der Waals surface area contributed by atoms with Gasteiger partial charge in [0.05, 0.1) is 6.61 Å². The van der Waals surface area contributed by atoms with E-state index in [0.717, 1.165) is 5.57 Å². The van der Waals surface area contributed by atoms with Gasteiger partial charge in [0.1, 0.15) is 17.1 Å². The van der Waals surface area contributed by atoms with Gasteiger partial charge in [0.15, 0.2) is 22.8 Å². The van der Waals surface area contributed by atoms with Crippen LogP contribution in [0.3, 0.4) is 0 Å². The van der Waals surface area contributed by atoms with Crippen molar-refractivity contribution < 1.29 is 24.2 Å². The molecule has 5 nitrogen and oxygen atoms in total. The predicted molar refractivity (Wildman–Crippen MR) is 93.2 cm³/mol. The molecule has 0 aromatic heterocycles. The zero-order chi connectivity index (χ0) is 18.3. The molecule has 0 radical (unpaired) electrons. The van der Waals surface area contributed by atoms with Gasteiger partial charge in [-0.15, -0.1) is 0 Å². The lowest BCUT2D eigenvalue weighted by Crippen LogP contribution is -2.71. The van der Waals surface area contributed by atoms with Gasteiger partial charge in [0, 0.05) is 23.8 Å². The fourth-order valence-corrected chi connectivity index (χ4v) is 5.17. The van der Waals surface area contributed by atoms with Crippen LogP contribution in [0.25, 0.3) is 0 Å². The van der Waals surface area contributed by atoms with E-state index in [1.54, 1.807) is 18.2 Å². The second-order valence-electron chi connectivity index (χ2n) is 7.92. The molecule has 2 heterocycles. The molecule has 134 valence electrons. The Morgan fingerprint density at radius 3 is 2.92 bits per heavy atom. The summed E-state index contributed by atoms with van der Waals surface area (Å²) in [6.07, 6.45) is 4.77. The van der Waals surface area contributed by atoms with Crippen molar-refractivity contribution >= 4 is 11.6 Å². The topological polar surface area (TPSA) is 72.8 Å². The Hall–Kier alpha value is -2.40. The van der Waals surface area contributed by atoms with Crippen molar-refractivity contribution in [1.82, 2.24) is 0 Å². The number of allylic oxidation sites excluding steroid dienone is 2. The number of phenolic OH excluding ortho intramolecular Hbond substituents is 1. The Bertz CT molecular complexity index is 922. The first kappa shape index (κ1) is 15.8. The van der Waals surface area contributed by atoms with Crippen molar-refractivity contribution in [2.75, 3.05) is 6.61 Å². The summed E-state index contributed by atoms with van der Waals surface area (Å²) in [6, 6.07) is 4.81. The van der Waals surface area contributed by atoms with E-state index in [-0.39, 0.29) is 34.7 Å². The molecule has 2 fully saturated rings. The molecule has 1 saturated heterocycles. The average Bonchev–Trinajstić information content (AvgIpc) is 2.85. The van der Waals surface area contributed by atoms with Gasteiger partial charge in [-0.25, -0.2) is 0 Å². The van der Waals surface area contributed by atoms with Gasteiger partial charge in [0.25, 0.3) is 0 Å². The first-order valence-electron chi connectivity index (χ1n) is 9.00. The number of fused-ring (bicyclic) bond motifs is 1. The lowest BCUT2D eigenvalue weighted by atomic mass is 9.53. The second-order valence-corrected chi connectivity index (χ2v) is 7.92. The molecule has 2 aliphatic heterocycles. The maximum absolute atomic E-state index is 13.3. The summed E-state index contributed by atoms with van der Waals surface area (Å²) < 4.78 is 12.6. The number of carbonyl (C=O) groups excluding carboxylic acids is 2. The third kappa shape index (κ3) is 1.60. The van der Waals surface area contributed by atoms with Crippen molar-refractivity contribution in [3.63, 3.8) is 0 Å². The molecular weight excluding hydrogens is 332 g/mol. The number of aromatic hydroxyl groups is 1. The maximum Gasteiger partial charge on any atom is 0.200 e. The van der Waals surface area contributed by atoms with Crippen LogP contribution in [0.2, 0.25) is 0 Å². The summed E-state index contributed by atoms with van der Waals surface area (Å²) in [5.74, 6) is -0.386. The number of Topliss-reactive ketones (excluding diaryl/α,β-unsaturated/α-hetero) is 2. The molecule has 3 aliphatic carbocycles. The van der Waals surface area contributed by atoms with E-state index in [1.165, 1.54) is 6.07 Å². The molecule has 0 amide bonds. The summed E-state index contributed by atoms with van der Waals surface area (Å²) in [5.41, 5.74) is -0.514. The number of ketones is 2. The first-order chi connectivity index (χ1) is 12.4. The van der Waals surface area contributed by atoms with Gasteiger partial charge in [-0.3, -0.25) is 9.59 Å². The Morgan fingerprint density at radius 1 is 1.35 bits per heavy atom. The summed E-state index contributed by atoms with van der Waals surface area (Å²) in [7, 11) is 0. The SMILES string of the molecule is CC(C)=CC[C@@]12OC[C@@H]3C[C@@H](C=C4C(=O)c5c(O)cccc5O[C@]431)C2=O. The van der Waals surface area contributed by atoms with E-state index in [1.807, 2.05) is 19.9 Å². The fraction of sp³-hybridized carbons (Fsp3) is 0.429. The Morgan fingerprint density at radius 2 is 2.15 bits per heavy atom. The minimum absolute atomic E-state index is 0.00361. The second kappa shape index (κ2) is 4.86. The molecule has 1 aromatic carbocycles. The summed E-state index contributed by atoms with van der Waals surface area (Å²) in [4.78, 5) is 26.5. The Balaban J connectivity index is 1.77. The monoisotopic (exact) mass is 352 g/mol. The summed E-state index contributed by atoms with van der Waals surface area (Å²) >= 11 is 0. The average molecular weight is 352 g/mol. The first-order valence-corrected chi connectivity index (χ1v) is 9.00. The van der Waals surface area contributed by atoms with Gasteiger partial charge in [-0.05, 0) is 32.4 Å². The third-order valence-electron chi connectivity index (χ3n) is 6.29. The van der Waals surface area contributed by atoms with Crippen LogP contribution in [0.4, 0.5) is 0 Å². The van der Waals surface area contributed by atoms with Crippen molar-refractivity contribution in [3.8, 4) is 11.5 Å². The number of phenols is 1. The van der Waals surface area contributed by atoms with Crippen LogP contribution >= 0.6 is 0 Å². The molecule has 1 N–H and O–H groups in total. The molecular formula is C21H20O5. The molecule has 26 heavy (non-hydrogen) atoms. The van der Waals surface area contributed by atoms with Crippen molar-refractivity contribution in [2.24, 2.45) is 11.8 Å². The molecule has 0 unspecified atom stereocenters. The van der Waals surface area contributed by atoms with Crippen LogP contribution in [-0.4, -0.2) is 34.5 Å². The minimum atomic E-state index is -1.17. The van der Waals surface area contributed by atoms with Gasteiger partial charge >= 0.3 is 0 Å². The highest BCUT2D eigenvalue weighted by atomic mass is 16.6. The van der Waals surface area contributed by atoms with Gasteiger partial charge < -0.3 is 14.6 Å². The molecule has 5 aliphatic rings. The number of rotatable bonds is 2. The quantitative estimate of drug-likeness (QED) is 0.829. The molecule has 1 saturated carbocycles. The van der Waals surface area contributed by atoms with E-state index in [2.05, 4.69) is 0 Å². The summed E-state index contributed by atoms with van der Waals surface area (Å²) in [6.45, 7) is 4.35. The lowest BCUT2D eigenvalue weighted by Gasteiger charge is -2.55. The number of carbonyl (C=O) groups is 2. The van der Waals surface area contributed by atoms with E-state index in [0.29, 0.717) is 30.8 Å². The van der Waals surface area contributed by atoms with E-state index in [4.69, 9.17) is 9.47 Å². The molecule has 5 heteroatoms. The number of ether oxygens (including phenoxy) is 2. The van der Waals surface area contributed by atoms with Crippen LogP contribution in [0.15, 0.2) is 41.5 Å². The highest BCUT2D eigenvalue weighted by Gasteiger charge is 2.76. The van der Waals surface area contributed by atoms with E-state index in [9.17, 15) is 14.7 Å². The van der Waals surface area contributed by atoms with Gasteiger partial charge in [-0.2, -0.15) is 0 Å². The Labute approximate surface area is 151 Å². The number of benzene rings is 1. The minimum Gasteiger partial charge on any atom is -0.507 e. The summed E-state index contributed by atoms with van der Waals surface area (Å²) in [5, 5.41) is 10.2. The van der Waals surface area contributed by atoms with E-state index >= 15 is 0 Å². The van der Waals surface area contributed by atoms with E-state index < -0.39 is 11.2 Å². The maximum atomic E-state index is 13.3. The van der Waals surface area contributed by atoms with Crippen molar-refractivity contribution in [3.05, 3.63) is 47.1 Å². The number of hydrogen-bond acceptors (Lipinski definition) is 5. The highest BCUT2D eigenvalue weighted by molar-refractivity contribution is 6.17. The highest BCUT2D eigenvalue weighted by Crippen LogP contribution is 2.63. The third-order valence-corrected chi connectivity index (χ3v) is 6.29. The lowest BCUT2D eigenvalue weighted by molar-refractivity contribution is -0.165. The normalized spacial score (nSPS) is 36.2. The standard InChI is InChI=1S/C21H20O5/c1-11(2)6-7-20-19(24)12-8-13(10-25-20)21(20)14(9-12)18(23)17-15(22)4-3-5-16(17)26-21/h3-6,9,12-13,22H,7-8,10H2,1-2H3/t12-,13-,20-,21-/m0/s1. The Kier molecular flexibility index (Phi) is 2.96. The molecule has 6 rings (SSSR count). The van der Waals surface area contributed by atoms with Crippen LogP contribution in [0.5, 0.6) is 11.5 Å². The molecule has 4 atom stereocenters. The smallest absolute Gasteiger partial charge is 0.200 e. The molecule has 1 aromatic rings. The molecule has 1 spiro atoms. The van der Waals surface area contributed by atoms with Crippen LogP contribution in [0.1, 0.15) is 37.0 Å². The van der Waals surface area contributed by atoms with Gasteiger partial charge in [0.2, 0.25) is 0 Å². The van der Waals surface area contributed by atoms with Crippen LogP contribution < -0.4 is 4.74 Å². The van der Waals surface area contributed by atoms with Crippen molar-refractivity contribution in [2.45, 2.75) is 37.9 Å². The molecule has 4 bridgehead atoms. The number of hydrogen-bond donors (Lipinski definition) is 1. The fourth-order valence-electron chi connectivity index (χ4n) is 5.17. The van der Waals surface area contributed by atoms with Crippen LogP contribution in [0, 0.1) is 11.8 Å². The van der Waals surface area contributed by atoms with Crippen LogP contribution in [-0.2, 0) is 9.53 Å². The largest absolute Gasteiger partial charge is 0.507 e. The van der Waals surface area contributed by atoms with Crippen molar-refractivity contribution in [1.29, 1.82) is 0 Å². The predicted octanol–water partition coefficient (Wildman–Crippen LogP) is 2.98. The van der Waals surface area contributed by atoms with Gasteiger partial charge in [-0.1, -0.05) is 23.8 Å².